The Labute approximate surface area is 124 Å². The fraction of sp³-hybridized carbons (Fsp3) is 0.308. The summed E-state index contributed by atoms with van der Waals surface area (Å²) in [5, 5.41) is 0. The molecule has 0 spiro atoms. The lowest BCUT2D eigenvalue weighted by molar-refractivity contribution is 0.125. The second-order valence-electron chi connectivity index (χ2n) is 3.71. The van der Waals surface area contributed by atoms with Crippen LogP contribution in [0.3, 0.4) is 0 Å². The number of hydrogen-bond donors (Lipinski definition) is 0. The molecule has 2 rings (SSSR count). The maximum atomic E-state index is 5.43. The van der Waals surface area contributed by atoms with Gasteiger partial charge in [-0.1, -0.05) is 45.9 Å². The summed E-state index contributed by atoms with van der Waals surface area (Å²) in [4.78, 5) is 6.47. The van der Waals surface area contributed by atoms with Crippen LogP contribution in [-0.2, 0) is 4.74 Å². The summed E-state index contributed by atoms with van der Waals surface area (Å²) in [6.07, 6.45) is 3.21. The third-order valence-electron chi connectivity index (χ3n) is 2.49. The molecule has 0 amide bonds. The van der Waals surface area contributed by atoms with E-state index >= 15 is 0 Å². The van der Waals surface area contributed by atoms with E-state index in [1.165, 1.54) is 4.70 Å². The zero-order chi connectivity index (χ0) is 12.8. The van der Waals surface area contributed by atoms with Crippen LogP contribution in [0.15, 0.2) is 39.7 Å². The third kappa shape index (κ3) is 3.82. The molecule has 1 atom stereocenters. The monoisotopic (exact) mass is 343 g/mol. The number of hydrogen-bond acceptors (Lipinski definition) is 4. The Morgan fingerprint density at radius 1 is 1.50 bits per heavy atom. The summed E-state index contributed by atoms with van der Waals surface area (Å²) < 4.78 is 7.79. The molecule has 0 aliphatic heterocycles. The van der Waals surface area contributed by atoms with Gasteiger partial charge in [0.2, 0.25) is 0 Å². The van der Waals surface area contributed by atoms with Crippen LogP contribution in [-0.4, -0.2) is 24.0 Å². The standard InChI is InChI=1S/C13H14BrNOS2/c1-16-10(5-4-8-14)9-17-13-15-11-6-2-3-7-12(11)18-13/h2-4,6-8,10H,5,9H2,1H3/b8-4+/t10-/m1/s1. The number of fused-ring (bicyclic) bond motifs is 1. The maximum Gasteiger partial charge on any atom is 0.151 e. The first-order valence-corrected chi connectivity index (χ1v) is 8.31. The smallest absolute Gasteiger partial charge is 0.151 e. The molecule has 5 heteroatoms. The molecule has 0 unspecified atom stereocenters. The number of thioether (sulfide) groups is 1. The SMILES string of the molecule is CO[C@H](C/C=C/Br)CSc1nc2ccccc2s1. The van der Waals surface area contributed by atoms with Gasteiger partial charge in [0.1, 0.15) is 0 Å². The second kappa shape index (κ2) is 7.28. The first-order chi connectivity index (χ1) is 8.83. The minimum absolute atomic E-state index is 0.232. The van der Waals surface area contributed by atoms with Gasteiger partial charge in [0.05, 0.1) is 16.3 Å². The number of ether oxygens (including phenoxy) is 1. The van der Waals surface area contributed by atoms with Crippen LogP contribution in [0.25, 0.3) is 10.2 Å². The Kier molecular flexibility index (Phi) is 5.69. The van der Waals surface area contributed by atoms with E-state index in [2.05, 4.69) is 39.1 Å². The molecule has 0 aliphatic carbocycles. The van der Waals surface area contributed by atoms with Crippen molar-refractivity contribution >= 4 is 49.2 Å². The minimum atomic E-state index is 0.232. The summed E-state index contributed by atoms with van der Waals surface area (Å²) >= 11 is 6.78. The molecule has 0 N–H and O–H groups in total. The third-order valence-corrected chi connectivity index (χ3v) is 5.17. The predicted molar refractivity (Wildman–Crippen MR) is 83.8 cm³/mol. The van der Waals surface area contributed by atoms with Crippen LogP contribution in [0.5, 0.6) is 0 Å². The van der Waals surface area contributed by atoms with E-state index in [0.717, 1.165) is 22.0 Å². The molecule has 1 aromatic carbocycles. The fourth-order valence-corrected chi connectivity index (χ4v) is 3.90. The Hall–Kier alpha value is -0.360. The van der Waals surface area contributed by atoms with Gasteiger partial charge in [-0.2, -0.15) is 0 Å². The molecule has 0 aliphatic rings. The lowest BCUT2D eigenvalue weighted by Crippen LogP contribution is -2.12. The zero-order valence-electron chi connectivity index (χ0n) is 10.0. The van der Waals surface area contributed by atoms with Crippen molar-refractivity contribution in [3.05, 3.63) is 35.3 Å². The first kappa shape index (κ1) is 14.1. The summed E-state index contributed by atoms with van der Waals surface area (Å²) in [5.41, 5.74) is 1.08. The van der Waals surface area contributed by atoms with Gasteiger partial charge in [-0.15, -0.1) is 11.3 Å². The molecule has 1 aromatic heterocycles. The molecule has 2 aromatic rings. The van der Waals surface area contributed by atoms with Gasteiger partial charge in [0.25, 0.3) is 0 Å². The Morgan fingerprint density at radius 3 is 3.06 bits per heavy atom. The summed E-state index contributed by atoms with van der Waals surface area (Å²) in [5.74, 6) is 0.924. The highest BCUT2D eigenvalue weighted by Crippen LogP contribution is 2.30. The number of nitrogens with zero attached hydrogens (tertiary/aromatic N) is 1. The van der Waals surface area contributed by atoms with Crippen molar-refractivity contribution in [3.63, 3.8) is 0 Å². The number of thiazole rings is 1. The molecule has 18 heavy (non-hydrogen) atoms. The number of rotatable bonds is 6. The van der Waals surface area contributed by atoms with Crippen molar-refractivity contribution in [3.8, 4) is 0 Å². The highest BCUT2D eigenvalue weighted by Gasteiger charge is 2.09. The Balaban J connectivity index is 1.96. The molecule has 0 radical (unpaired) electrons. The van der Waals surface area contributed by atoms with Crippen LogP contribution in [0.4, 0.5) is 0 Å². The molecule has 0 fully saturated rings. The number of halogens is 1. The second-order valence-corrected chi connectivity index (χ2v) is 6.54. The number of aromatic nitrogens is 1. The van der Waals surface area contributed by atoms with Gasteiger partial charge in [-0.05, 0) is 23.5 Å². The topological polar surface area (TPSA) is 22.1 Å². The van der Waals surface area contributed by atoms with Crippen molar-refractivity contribution in [2.45, 2.75) is 16.9 Å². The fourth-order valence-electron chi connectivity index (χ4n) is 1.51. The van der Waals surface area contributed by atoms with E-state index in [1.54, 1.807) is 30.2 Å². The lowest BCUT2D eigenvalue weighted by atomic mass is 10.3. The van der Waals surface area contributed by atoms with Gasteiger partial charge < -0.3 is 4.74 Å². The lowest BCUT2D eigenvalue weighted by Gasteiger charge is -2.11. The molecule has 1 heterocycles. The van der Waals surface area contributed by atoms with E-state index in [4.69, 9.17) is 4.74 Å². The van der Waals surface area contributed by atoms with E-state index in [-0.39, 0.29) is 6.10 Å². The Morgan fingerprint density at radius 2 is 2.33 bits per heavy atom. The zero-order valence-corrected chi connectivity index (χ0v) is 13.2. The molecular weight excluding hydrogens is 330 g/mol. The van der Waals surface area contributed by atoms with Crippen LogP contribution in [0.2, 0.25) is 0 Å². The van der Waals surface area contributed by atoms with Gasteiger partial charge >= 0.3 is 0 Å². The van der Waals surface area contributed by atoms with Crippen LogP contribution in [0, 0.1) is 0 Å². The summed E-state index contributed by atoms with van der Waals surface area (Å²) in [6.45, 7) is 0. The predicted octanol–water partition coefficient (Wildman–Crippen LogP) is 4.70. The first-order valence-electron chi connectivity index (χ1n) is 5.60. The van der Waals surface area contributed by atoms with E-state index in [0.29, 0.717) is 0 Å². The molecular formula is C13H14BrNOS2. The van der Waals surface area contributed by atoms with Crippen LogP contribution >= 0.6 is 39.0 Å². The van der Waals surface area contributed by atoms with Gasteiger partial charge in [0, 0.05) is 12.9 Å². The molecule has 96 valence electrons. The van der Waals surface area contributed by atoms with Gasteiger partial charge in [-0.25, -0.2) is 4.98 Å². The highest BCUT2D eigenvalue weighted by atomic mass is 79.9. The number of para-hydroxylation sites is 1. The largest absolute Gasteiger partial charge is 0.380 e. The van der Waals surface area contributed by atoms with Crippen LogP contribution in [0.1, 0.15) is 6.42 Å². The number of benzene rings is 1. The number of methoxy groups -OCH3 is 1. The van der Waals surface area contributed by atoms with E-state index in [9.17, 15) is 0 Å². The van der Waals surface area contributed by atoms with Crippen molar-refractivity contribution in [2.75, 3.05) is 12.9 Å². The highest BCUT2D eigenvalue weighted by molar-refractivity contribution is 9.11. The van der Waals surface area contributed by atoms with E-state index < -0.39 is 0 Å². The van der Waals surface area contributed by atoms with Gasteiger partial charge in [0.15, 0.2) is 4.34 Å². The Bertz CT molecular complexity index is 493. The average molecular weight is 344 g/mol. The minimum Gasteiger partial charge on any atom is -0.380 e. The van der Waals surface area contributed by atoms with Crippen molar-refractivity contribution in [1.82, 2.24) is 4.98 Å². The van der Waals surface area contributed by atoms with E-state index in [1.807, 2.05) is 17.1 Å². The maximum absolute atomic E-state index is 5.43. The summed E-state index contributed by atoms with van der Waals surface area (Å²) in [7, 11) is 1.76. The van der Waals surface area contributed by atoms with Crippen LogP contribution < -0.4 is 0 Å². The quantitative estimate of drug-likeness (QED) is 0.709. The average Bonchev–Trinajstić information content (AvgIpc) is 2.81. The van der Waals surface area contributed by atoms with Crippen molar-refractivity contribution < 1.29 is 4.74 Å². The molecule has 0 saturated carbocycles. The van der Waals surface area contributed by atoms with Crippen molar-refractivity contribution in [2.24, 2.45) is 0 Å². The molecule has 0 saturated heterocycles. The normalized spacial score (nSPS) is 13.4. The van der Waals surface area contributed by atoms with Crippen molar-refractivity contribution in [1.29, 1.82) is 0 Å². The molecule has 0 bridgehead atoms. The summed E-state index contributed by atoms with van der Waals surface area (Å²) in [6, 6.07) is 8.23. The molecule has 2 nitrogen and oxygen atoms in total. The van der Waals surface area contributed by atoms with Gasteiger partial charge in [-0.3, -0.25) is 0 Å².